The van der Waals surface area contributed by atoms with E-state index in [1.807, 2.05) is 0 Å². The van der Waals surface area contributed by atoms with Gasteiger partial charge in [-0.05, 0) is 33.4 Å². The smallest absolute Gasteiger partial charge is 0.216 e. The molecule has 1 saturated heterocycles. The molecule has 1 aliphatic heterocycles. The van der Waals surface area contributed by atoms with Gasteiger partial charge in [0, 0.05) is 19.1 Å². The highest BCUT2D eigenvalue weighted by Gasteiger charge is 2.34. The van der Waals surface area contributed by atoms with Gasteiger partial charge in [0.15, 0.2) is 0 Å². The Hall–Kier alpha value is -0.130. The lowest BCUT2D eigenvalue weighted by atomic mass is 10.2. The summed E-state index contributed by atoms with van der Waals surface area (Å²) in [4.78, 5) is 2.34. The SMILES string of the molecule is CCN(CC)C1CCN(S(=O)(=O)C(C)C)C1. The average Bonchev–Trinajstić information content (AvgIpc) is 2.69. The molecule has 1 rings (SSSR count). The maximum absolute atomic E-state index is 12.0. The zero-order valence-electron chi connectivity index (χ0n) is 10.8. The minimum atomic E-state index is -3.05. The van der Waals surface area contributed by atoms with Crippen molar-refractivity contribution in [1.29, 1.82) is 0 Å². The summed E-state index contributed by atoms with van der Waals surface area (Å²) in [7, 11) is -3.05. The van der Waals surface area contributed by atoms with Crippen molar-refractivity contribution in [3.8, 4) is 0 Å². The number of nitrogens with zero attached hydrogens (tertiary/aromatic N) is 2. The summed E-state index contributed by atoms with van der Waals surface area (Å²) >= 11 is 0. The monoisotopic (exact) mass is 248 g/mol. The third kappa shape index (κ3) is 2.76. The molecule has 0 bridgehead atoms. The molecular formula is C11H24N2O2S. The molecule has 0 radical (unpaired) electrons. The predicted molar refractivity (Wildman–Crippen MR) is 67.0 cm³/mol. The number of hydrogen-bond acceptors (Lipinski definition) is 3. The summed E-state index contributed by atoms with van der Waals surface area (Å²) in [6.07, 6.45) is 0.966. The molecule has 0 aromatic rings. The lowest BCUT2D eigenvalue weighted by molar-refractivity contribution is 0.224. The molecule has 1 atom stereocenters. The van der Waals surface area contributed by atoms with Crippen molar-refractivity contribution in [2.45, 2.75) is 45.4 Å². The Morgan fingerprint density at radius 2 is 1.88 bits per heavy atom. The standard InChI is InChI=1S/C11H24N2O2S/c1-5-12(6-2)11-7-8-13(9-11)16(14,15)10(3)4/h10-11H,5-9H2,1-4H3. The van der Waals surface area contributed by atoms with Crippen LogP contribution in [-0.4, -0.2) is 55.1 Å². The van der Waals surface area contributed by atoms with Crippen LogP contribution in [0.3, 0.4) is 0 Å². The van der Waals surface area contributed by atoms with E-state index in [4.69, 9.17) is 0 Å². The van der Waals surface area contributed by atoms with E-state index < -0.39 is 10.0 Å². The van der Waals surface area contributed by atoms with E-state index in [1.165, 1.54) is 0 Å². The van der Waals surface area contributed by atoms with E-state index in [1.54, 1.807) is 18.2 Å². The molecule has 1 fully saturated rings. The van der Waals surface area contributed by atoms with Gasteiger partial charge in [0.05, 0.1) is 5.25 Å². The van der Waals surface area contributed by atoms with Crippen molar-refractivity contribution in [2.75, 3.05) is 26.2 Å². The number of rotatable bonds is 5. The van der Waals surface area contributed by atoms with Crippen LogP contribution in [0, 0.1) is 0 Å². The van der Waals surface area contributed by atoms with E-state index in [2.05, 4.69) is 18.7 Å². The lowest BCUT2D eigenvalue weighted by Gasteiger charge is -2.26. The molecule has 1 aliphatic rings. The first kappa shape index (κ1) is 13.9. The van der Waals surface area contributed by atoms with Crippen LogP contribution < -0.4 is 0 Å². The van der Waals surface area contributed by atoms with Gasteiger partial charge in [-0.3, -0.25) is 4.90 Å². The van der Waals surface area contributed by atoms with Crippen LogP contribution in [0.4, 0.5) is 0 Å². The van der Waals surface area contributed by atoms with E-state index in [-0.39, 0.29) is 5.25 Å². The number of likely N-dealkylation sites (N-methyl/N-ethyl adjacent to an activating group) is 1. The van der Waals surface area contributed by atoms with Crippen molar-refractivity contribution >= 4 is 10.0 Å². The molecule has 0 aromatic heterocycles. The van der Waals surface area contributed by atoms with Crippen molar-refractivity contribution < 1.29 is 8.42 Å². The lowest BCUT2D eigenvalue weighted by Crippen LogP contribution is -2.40. The van der Waals surface area contributed by atoms with Gasteiger partial charge in [0.1, 0.15) is 0 Å². The normalized spacial score (nSPS) is 23.5. The van der Waals surface area contributed by atoms with Gasteiger partial charge < -0.3 is 0 Å². The molecular weight excluding hydrogens is 224 g/mol. The maximum Gasteiger partial charge on any atom is 0.216 e. The first-order valence-corrected chi connectivity index (χ1v) is 7.66. The van der Waals surface area contributed by atoms with Gasteiger partial charge in [-0.25, -0.2) is 12.7 Å². The fourth-order valence-corrected chi connectivity index (χ4v) is 3.61. The van der Waals surface area contributed by atoms with Gasteiger partial charge in [0.2, 0.25) is 10.0 Å². The van der Waals surface area contributed by atoms with Crippen LogP contribution in [0.25, 0.3) is 0 Å². The Bertz CT molecular complexity index is 310. The van der Waals surface area contributed by atoms with Crippen molar-refractivity contribution in [3.05, 3.63) is 0 Å². The minimum Gasteiger partial charge on any atom is -0.300 e. The number of sulfonamides is 1. The maximum atomic E-state index is 12.0. The quantitative estimate of drug-likeness (QED) is 0.732. The zero-order chi connectivity index (χ0) is 12.3. The fourth-order valence-electron chi connectivity index (χ4n) is 2.28. The highest BCUT2D eigenvalue weighted by atomic mass is 32.2. The largest absolute Gasteiger partial charge is 0.300 e. The molecule has 0 spiro atoms. The van der Waals surface area contributed by atoms with Gasteiger partial charge in [0.25, 0.3) is 0 Å². The van der Waals surface area contributed by atoms with Crippen LogP contribution in [0.2, 0.25) is 0 Å². The van der Waals surface area contributed by atoms with Gasteiger partial charge in [-0.2, -0.15) is 0 Å². The van der Waals surface area contributed by atoms with Crippen molar-refractivity contribution in [2.24, 2.45) is 0 Å². The summed E-state index contributed by atoms with van der Waals surface area (Å²) < 4.78 is 25.6. The molecule has 0 N–H and O–H groups in total. The third-order valence-electron chi connectivity index (χ3n) is 3.41. The Labute approximate surface area is 99.7 Å². The van der Waals surface area contributed by atoms with Gasteiger partial charge in [-0.15, -0.1) is 0 Å². The van der Waals surface area contributed by atoms with E-state index in [0.29, 0.717) is 19.1 Å². The van der Waals surface area contributed by atoms with E-state index in [0.717, 1.165) is 19.5 Å². The highest BCUT2D eigenvalue weighted by Crippen LogP contribution is 2.20. The Balaban J connectivity index is 2.66. The molecule has 0 aliphatic carbocycles. The van der Waals surface area contributed by atoms with Crippen LogP contribution in [0.1, 0.15) is 34.1 Å². The molecule has 1 unspecified atom stereocenters. The van der Waals surface area contributed by atoms with Crippen LogP contribution >= 0.6 is 0 Å². The summed E-state index contributed by atoms with van der Waals surface area (Å²) in [6.45, 7) is 11.1. The van der Waals surface area contributed by atoms with Crippen LogP contribution in [-0.2, 0) is 10.0 Å². The molecule has 4 nitrogen and oxygen atoms in total. The van der Waals surface area contributed by atoms with Crippen LogP contribution in [0.5, 0.6) is 0 Å². The van der Waals surface area contributed by atoms with E-state index in [9.17, 15) is 8.42 Å². The Morgan fingerprint density at radius 1 is 1.31 bits per heavy atom. The highest BCUT2D eigenvalue weighted by molar-refractivity contribution is 7.89. The second kappa shape index (κ2) is 5.47. The minimum absolute atomic E-state index is 0.303. The molecule has 1 heterocycles. The molecule has 16 heavy (non-hydrogen) atoms. The second-order valence-corrected chi connectivity index (χ2v) is 7.10. The first-order chi connectivity index (χ1) is 7.43. The molecule has 96 valence electrons. The predicted octanol–water partition coefficient (Wildman–Crippen LogP) is 1.14. The molecule has 0 aromatic carbocycles. The second-order valence-electron chi connectivity index (χ2n) is 4.62. The number of hydrogen-bond donors (Lipinski definition) is 0. The topological polar surface area (TPSA) is 40.6 Å². The average molecular weight is 248 g/mol. The third-order valence-corrected chi connectivity index (χ3v) is 5.65. The van der Waals surface area contributed by atoms with E-state index >= 15 is 0 Å². The zero-order valence-corrected chi connectivity index (χ0v) is 11.6. The molecule has 0 amide bonds. The Morgan fingerprint density at radius 3 is 2.31 bits per heavy atom. The fraction of sp³-hybridized carbons (Fsp3) is 1.00. The summed E-state index contributed by atoms with van der Waals surface area (Å²) in [5, 5.41) is -0.303. The van der Waals surface area contributed by atoms with Crippen molar-refractivity contribution in [1.82, 2.24) is 9.21 Å². The van der Waals surface area contributed by atoms with Gasteiger partial charge in [-0.1, -0.05) is 13.8 Å². The summed E-state index contributed by atoms with van der Waals surface area (Å²) in [5.74, 6) is 0. The molecule has 0 saturated carbocycles. The first-order valence-electron chi connectivity index (χ1n) is 6.16. The summed E-state index contributed by atoms with van der Waals surface area (Å²) in [6, 6.07) is 0.406. The summed E-state index contributed by atoms with van der Waals surface area (Å²) in [5.41, 5.74) is 0. The van der Waals surface area contributed by atoms with Gasteiger partial charge >= 0.3 is 0 Å². The van der Waals surface area contributed by atoms with Crippen molar-refractivity contribution in [3.63, 3.8) is 0 Å². The van der Waals surface area contributed by atoms with Crippen LogP contribution in [0.15, 0.2) is 0 Å². The Kier molecular flexibility index (Phi) is 4.76. The molecule has 5 heteroatoms.